The molecule has 0 spiro atoms. The van der Waals surface area contributed by atoms with E-state index >= 15 is 0 Å². The van der Waals surface area contributed by atoms with E-state index in [0.717, 1.165) is 51.4 Å². The van der Waals surface area contributed by atoms with Crippen LogP contribution in [0.3, 0.4) is 0 Å². The maximum atomic E-state index is 11.0. The van der Waals surface area contributed by atoms with Gasteiger partial charge in [0.05, 0.1) is 0 Å². The highest BCUT2D eigenvalue weighted by atomic mass is 128. The molecule has 0 rings (SSSR count). The maximum absolute atomic E-state index is 11.0. The Hall–Kier alpha value is 2.20. The van der Waals surface area contributed by atoms with Gasteiger partial charge in [0.15, 0.2) is 0 Å². The highest BCUT2D eigenvalue weighted by Crippen LogP contribution is 2.23. The van der Waals surface area contributed by atoms with Crippen LogP contribution in [0.25, 0.3) is 0 Å². The highest BCUT2D eigenvalue weighted by molar-refractivity contribution is 15.0. The van der Waals surface area contributed by atoms with E-state index in [1.807, 2.05) is 27.7 Å². The summed E-state index contributed by atoms with van der Waals surface area (Å²) in [6.45, 7) is 7.95. The number of aliphatic carboxylic acids is 2. The van der Waals surface area contributed by atoms with Crippen LogP contribution < -0.4 is 11.5 Å². The van der Waals surface area contributed by atoms with Crippen LogP contribution in [0.1, 0.15) is 120 Å². The summed E-state index contributed by atoms with van der Waals surface area (Å²) < 4.78 is 0. The van der Waals surface area contributed by atoms with Gasteiger partial charge in [-0.15, -0.1) is 0 Å². The van der Waals surface area contributed by atoms with Crippen LogP contribution in [0.4, 0.5) is 0 Å². The molecule has 0 aromatic carbocycles. The minimum Gasteiger partial charge on any atom is -0.481 e. The van der Waals surface area contributed by atoms with Crippen LogP contribution in [-0.4, -0.2) is 40.2 Å². The molecule has 0 aliphatic heterocycles. The molecule has 0 saturated heterocycles. The molecular formula is C27H64I4N2O6S4. The third-order valence-electron chi connectivity index (χ3n) is 5.96. The molecule has 0 aliphatic rings. The molecule has 0 fully saturated rings. The Kier molecular flexibility index (Phi) is 93.7. The van der Waals surface area contributed by atoms with Crippen LogP contribution in [0.2, 0.25) is 0 Å². The number of halogens is 4. The third-order valence-corrected chi connectivity index (χ3v) is 5.96. The van der Waals surface area contributed by atoms with Gasteiger partial charge in [-0.3, -0.25) is 19.2 Å². The van der Waals surface area contributed by atoms with Gasteiger partial charge in [0.25, 0.3) is 0 Å². The Morgan fingerprint density at radius 3 is 0.953 bits per heavy atom. The van der Waals surface area contributed by atoms with Gasteiger partial charge in [-0.2, -0.15) is 53.1 Å². The Morgan fingerprint density at radius 1 is 0.581 bits per heavy atom. The van der Waals surface area contributed by atoms with Crippen molar-refractivity contribution in [2.75, 3.05) is 6.26 Å². The lowest BCUT2D eigenvalue weighted by Crippen LogP contribution is -2.23. The van der Waals surface area contributed by atoms with Crippen molar-refractivity contribution in [2.45, 2.75) is 120 Å². The van der Waals surface area contributed by atoms with E-state index < -0.39 is 11.9 Å². The Balaban J connectivity index is -0.0000000489. The Morgan fingerprint density at radius 2 is 0.814 bits per heavy atom. The predicted molar refractivity (Wildman–Crippen MR) is 241 cm³/mol. The molecule has 8 nitrogen and oxygen atoms in total. The van der Waals surface area contributed by atoms with Crippen molar-refractivity contribution in [1.29, 1.82) is 0 Å². The molecule has 4 atom stereocenters. The molecule has 0 heterocycles. The summed E-state index contributed by atoms with van der Waals surface area (Å²) in [6.07, 6.45) is 10.3. The number of thiol groups is 1. The van der Waals surface area contributed by atoms with Crippen molar-refractivity contribution in [2.24, 2.45) is 35.1 Å². The summed E-state index contributed by atoms with van der Waals surface area (Å²) in [6, 6.07) is 0. The summed E-state index contributed by atoms with van der Waals surface area (Å²) >= 11 is 12.0. The summed E-state index contributed by atoms with van der Waals surface area (Å²) in [5.74, 6) is -1.91. The molecule has 0 radical (unpaired) electrons. The zero-order valence-corrected chi connectivity index (χ0v) is 37.5. The second-order valence-corrected chi connectivity index (χ2v) is 8.67. The number of hydrogen-bond donors (Lipinski definition) is 5. The number of hydrogen-bond acceptors (Lipinski definition) is 5. The molecule has 0 bridgehead atoms. The van der Waals surface area contributed by atoms with Crippen molar-refractivity contribution in [1.82, 2.24) is 0 Å². The summed E-state index contributed by atoms with van der Waals surface area (Å²) in [4.78, 5) is 43.3. The van der Waals surface area contributed by atoms with Crippen molar-refractivity contribution < 1.29 is 29.4 Å². The highest BCUT2D eigenvalue weighted by Gasteiger charge is 2.19. The molecule has 43 heavy (non-hydrogen) atoms. The second kappa shape index (κ2) is 56.5. The summed E-state index contributed by atoms with van der Waals surface area (Å²) in [7, 11) is 0. The number of carbonyl (C=O) groups excluding carboxylic acids is 2. The SMILES string of the molecule is C.C.CCCC(CC[C@@H](CC)C(N)=O)CC(=O)O.CCC[C@H](CC[C@@H](CC)C(N)=O)CC(=O)O.CS.II.II.S.S.S. The molecule has 0 saturated carbocycles. The summed E-state index contributed by atoms with van der Waals surface area (Å²) in [5, 5.41) is 17.5. The minimum atomic E-state index is -0.759. The topological polar surface area (TPSA) is 161 Å². The van der Waals surface area contributed by atoms with Gasteiger partial charge < -0.3 is 21.7 Å². The fourth-order valence-corrected chi connectivity index (χ4v) is 3.98. The average molecular weight is 1150 g/mol. The minimum absolute atomic E-state index is 0. The lowest BCUT2D eigenvalue weighted by atomic mass is 9.89. The lowest BCUT2D eigenvalue weighted by molar-refractivity contribution is -0.139. The number of carboxylic acids is 2. The predicted octanol–water partition coefficient (Wildman–Crippen LogP) is 10.0. The first kappa shape index (κ1) is 71.3. The van der Waals surface area contributed by atoms with Crippen molar-refractivity contribution >= 4 is 151 Å². The van der Waals surface area contributed by atoms with Gasteiger partial charge in [0.2, 0.25) is 11.8 Å². The smallest absolute Gasteiger partial charge is 0.303 e. The number of amides is 2. The fourth-order valence-electron chi connectivity index (χ4n) is 3.98. The standard InChI is InChI=1S/2C12H23NO3.CH4S.2CH4.2I2.3H2S/c2*1-3-5-9(8-11(14)15)6-7-10(4-2)12(13)16;1-2;;;2*1-2;;;/h2*9-10H,3-8H2,1-2H3,(H2,13,16)(H,14,15);2H,1H3;2*1H4;;;3*1H2/t9?,10-;9-,10-;;;;;;;;/m11......../s1. The van der Waals surface area contributed by atoms with E-state index in [1.54, 1.807) is 6.26 Å². The number of primary amides is 2. The number of carbonyl (C=O) groups is 4. The molecule has 0 aromatic heterocycles. The Bertz CT molecular complexity index is 544. The van der Waals surface area contributed by atoms with Gasteiger partial charge in [0.1, 0.15) is 0 Å². The first-order chi connectivity index (χ1) is 18.0. The number of carboxylic acid groups (broad SMARTS) is 2. The average Bonchev–Trinajstić information content (AvgIpc) is 2.88. The monoisotopic (exact) mass is 1150 g/mol. The lowest BCUT2D eigenvalue weighted by Gasteiger charge is -2.16. The third kappa shape index (κ3) is 53.9. The van der Waals surface area contributed by atoms with Gasteiger partial charge in [-0.05, 0) is 56.6 Å². The first-order valence-electron chi connectivity index (χ1n) is 12.8. The quantitative estimate of drug-likeness (QED) is 0.0679. The largest absolute Gasteiger partial charge is 0.481 e. The van der Waals surface area contributed by atoms with E-state index in [2.05, 4.69) is 87.1 Å². The van der Waals surface area contributed by atoms with Gasteiger partial charge in [-0.25, -0.2) is 0 Å². The van der Waals surface area contributed by atoms with E-state index in [0.29, 0.717) is 12.8 Å². The number of nitrogens with two attached hydrogens (primary N) is 2. The zero-order chi connectivity index (χ0) is 31.1. The van der Waals surface area contributed by atoms with Crippen LogP contribution in [0.15, 0.2) is 0 Å². The van der Waals surface area contributed by atoms with Crippen molar-refractivity contribution in [3.05, 3.63) is 0 Å². The van der Waals surface area contributed by atoms with Gasteiger partial charge >= 0.3 is 11.9 Å². The second-order valence-electron chi connectivity index (χ2n) is 8.67. The van der Waals surface area contributed by atoms with Crippen LogP contribution in [-0.2, 0) is 19.2 Å². The summed E-state index contributed by atoms with van der Waals surface area (Å²) in [5.41, 5.74) is 10.5. The molecular weight excluding hydrogens is 1080 g/mol. The van der Waals surface area contributed by atoms with E-state index in [1.165, 1.54) is 0 Å². The van der Waals surface area contributed by atoms with Crippen LogP contribution in [0, 0.1) is 23.7 Å². The van der Waals surface area contributed by atoms with Crippen molar-refractivity contribution in [3.63, 3.8) is 0 Å². The zero-order valence-electron chi connectivity index (χ0n) is 24.9. The van der Waals surface area contributed by atoms with Gasteiger partial charge in [-0.1, -0.05) is 68.2 Å². The van der Waals surface area contributed by atoms with Crippen LogP contribution >= 0.6 is 128 Å². The molecule has 0 aliphatic carbocycles. The molecule has 270 valence electrons. The molecule has 0 aromatic rings. The molecule has 1 unspecified atom stereocenters. The first-order valence-corrected chi connectivity index (χ1v) is 26.2. The molecule has 2 amide bonds. The molecule has 16 heteroatoms. The normalized spacial score (nSPS) is 11.1. The van der Waals surface area contributed by atoms with E-state index in [-0.39, 0.29) is 104 Å². The maximum Gasteiger partial charge on any atom is 0.303 e. The molecule has 6 N–H and O–H groups in total. The Labute approximate surface area is 337 Å². The van der Waals surface area contributed by atoms with Gasteiger partial charge in [0, 0.05) is 99.1 Å². The van der Waals surface area contributed by atoms with Crippen LogP contribution in [0.5, 0.6) is 0 Å². The van der Waals surface area contributed by atoms with Crippen molar-refractivity contribution in [3.8, 4) is 0 Å². The fraction of sp³-hybridized carbons (Fsp3) is 0.852. The van der Waals surface area contributed by atoms with E-state index in [9.17, 15) is 19.2 Å². The number of rotatable bonds is 18. The van der Waals surface area contributed by atoms with E-state index in [4.69, 9.17) is 21.7 Å².